The molecule has 2 rings (SSSR count). The molecule has 1 N–H and O–H groups in total. The van der Waals surface area contributed by atoms with Crippen molar-refractivity contribution in [2.45, 2.75) is 45.4 Å². The van der Waals surface area contributed by atoms with Crippen LogP contribution in [-0.4, -0.2) is 45.1 Å². The SMILES string of the molecule is CC(C)c1noc(CCC(=O)N2CCCC(C(=O)O)C2)n1. The number of aliphatic carboxylic acids is 1. The highest BCUT2D eigenvalue weighted by Gasteiger charge is 2.28. The number of hydrogen-bond donors (Lipinski definition) is 1. The fourth-order valence-electron chi connectivity index (χ4n) is 2.38. The minimum atomic E-state index is -0.828. The highest BCUT2D eigenvalue weighted by molar-refractivity contribution is 5.78. The van der Waals surface area contributed by atoms with Crippen molar-refractivity contribution in [3.63, 3.8) is 0 Å². The molecular formula is C14H21N3O4. The summed E-state index contributed by atoms with van der Waals surface area (Å²) in [6.07, 6.45) is 2.04. The molecule has 0 aliphatic carbocycles. The van der Waals surface area contributed by atoms with Crippen molar-refractivity contribution in [1.82, 2.24) is 15.0 Å². The maximum Gasteiger partial charge on any atom is 0.308 e. The van der Waals surface area contributed by atoms with E-state index >= 15 is 0 Å². The van der Waals surface area contributed by atoms with Gasteiger partial charge in [0.2, 0.25) is 11.8 Å². The monoisotopic (exact) mass is 295 g/mol. The fraction of sp³-hybridized carbons (Fsp3) is 0.714. The number of carbonyl (C=O) groups is 2. The van der Waals surface area contributed by atoms with Crippen LogP contribution in [0.1, 0.15) is 50.7 Å². The quantitative estimate of drug-likeness (QED) is 0.883. The standard InChI is InChI=1S/C14H21N3O4/c1-9(2)13-15-11(21-16-13)5-6-12(18)17-7-3-4-10(8-17)14(19)20/h9-10H,3-8H2,1-2H3,(H,19,20). The number of carbonyl (C=O) groups excluding carboxylic acids is 1. The number of amides is 1. The first kappa shape index (κ1) is 15.5. The first-order chi connectivity index (χ1) is 9.97. The Morgan fingerprint density at radius 2 is 2.24 bits per heavy atom. The first-order valence-corrected chi connectivity index (χ1v) is 7.30. The van der Waals surface area contributed by atoms with Crippen LogP contribution in [0.2, 0.25) is 0 Å². The molecule has 0 aromatic carbocycles. The van der Waals surface area contributed by atoms with E-state index < -0.39 is 11.9 Å². The largest absolute Gasteiger partial charge is 0.481 e. The van der Waals surface area contributed by atoms with E-state index in [-0.39, 0.29) is 18.2 Å². The molecule has 0 spiro atoms. The van der Waals surface area contributed by atoms with Gasteiger partial charge in [0.25, 0.3) is 0 Å². The van der Waals surface area contributed by atoms with E-state index in [2.05, 4.69) is 10.1 Å². The Morgan fingerprint density at radius 1 is 1.48 bits per heavy atom. The maximum atomic E-state index is 12.1. The van der Waals surface area contributed by atoms with Crippen molar-refractivity contribution < 1.29 is 19.2 Å². The summed E-state index contributed by atoms with van der Waals surface area (Å²) in [6.45, 7) is 4.87. The molecule has 1 saturated heterocycles. The van der Waals surface area contributed by atoms with E-state index in [0.717, 1.165) is 6.42 Å². The lowest BCUT2D eigenvalue weighted by atomic mass is 9.98. The average Bonchev–Trinajstić information content (AvgIpc) is 2.94. The zero-order valence-electron chi connectivity index (χ0n) is 12.4. The van der Waals surface area contributed by atoms with Gasteiger partial charge in [-0.25, -0.2) is 0 Å². The second kappa shape index (κ2) is 6.69. The molecule has 7 nitrogen and oxygen atoms in total. The number of nitrogens with zero attached hydrogens (tertiary/aromatic N) is 3. The van der Waals surface area contributed by atoms with Crippen molar-refractivity contribution in [3.05, 3.63) is 11.7 Å². The maximum absolute atomic E-state index is 12.1. The van der Waals surface area contributed by atoms with Gasteiger partial charge in [0.05, 0.1) is 5.92 Å². The van der Waals surface area contributed by atoms with Crippen LogP contribution in [0.5, 0.6) is 0 Å². The summed E-state index contributed by atoms with van der Waals surface area (Å²) in [4.78, 5) is 29.0. The van der Waals surface area contributed by atoms with Crippen molar-refractivity contribution in [3.8, 4) is 0 Å². The van der Waals surface area contributed by atoms with Gasteiger partial charge in [-0.3, -0.25) is 9.59 Å². The molecule has 0 bridgehead atoms. The molecule has 1 amide bonds. The molecule has 1 unspecified atom stereocenters. The minimum Gasteiger partial charge on any atom is -0.481 e. The topological polar surface area (TPSA) is 96.5 Å². The van der Waals surface area contributed by atoms with E-state index in [0.29, 0.717) is 37.6 Å². The van der Waals surface area contributed by atoms with Crippen LogP contribution in [0.4, 0.5) is 0 Å². The fourth-order valence-corrected chi connectivity index (χ4v) is 2.38. The number of hydrogen-bond acceptors (Lipinski definition) is 5. The molecule has 1 aliphatic rings. The Hall–Kier alpha value is -1.92. The van der Waals surface area contributed by atoms with Gasteiger partial charge in [0.15, 0.2) is 5.82 Å². The summed E-state index contributed by atoms with van der Waals surface area (Å²) >= 11 is 0. The number of carboxylic acids is 1. The highest BCUT2D eigenvalue weighted by atomic mass is 16.5. The highest BCUT2D eigenvalue weighted by Crippen LogP contribution is 2.18. The third-order valence-corrected chi connectivity index (χ3v) is 3.68. The van der Waals surface area contributed by atoms with E-state index in [1.54, 1.807) is 4.90 Å². The molecular weight excluding hydrogens is 274 g/mol. The second-order valence-electron chi connectivity index (χ2n) is 5.72. The van der Waals surface area contributed by atoms with Gasteiger partial charge >= 0.3 is 5.97 Å². The molecule has 2 heterocycles. The van der Waals surface area contributed by atoms with Crippen molar-refractivity contribution in [1.29, 1.82) is 0 Å². The lowest BCUT2D eigenvalue weighted by Gasteiger charge is -2.30. The van der Waals surface area contributed by atoms with Crippen LogP contribution in [0.3, 0.4) is 0 Å². The molecule has 1 aromatic rings. The second-order valence-corrected chi connectivity index (χ2v) is 5.72. The zero-order chi connectivity index (χ0) is 15.4. The summed E-state index contributed by atoms with van der Waals surface area (Å²) in [7, 11) is 0. The van der Waals surface area contributed by atoms with Crippen molar-refractivity contribution >= 4 is 11.9 Å². The molecule has 21 heavy (non-hydrogen) atoms. The molecule has 0 saturated carbocycles. The average molecular weight is 295 g/mol. The van der Waals surface area contributed by atoms with Gasteiger partial charge in [0, 0.05) is 31.8 Å². The smallest absolute Gasteiger partial charge is 0.308 e. The molecule has 1 aromatic heterocycles. The van der Waals surface area contributed by atoms with E-state index in [9.17, 15) is 9.59 Å². The molecule has 1 atom stereocenters. The number of aromatic nitrogens is 2. The lowest BCUT2D eigenvalue weighted by Crippen LogP contribution is -2.42. The molecule has 1 fully saturated rings. The molecule has 7 heteroatoms. The van der Waals surface area contributed by atoms with Crippen LogP contribution >= 0.6 is 0 Å². The predicted molar refractivity (Wildman–Crippen MR) is 73.6 cm³/mol. The predicted octanol–water partition coefficient (Wildman–Crippen LogP) is 1.45. The Bertz CT molecular complexity index is 512. The van der Waals surface area contributed by atoms with Crippen LogP contribution in [0.25, 0.3) is 0 Å². The summed E-state index contributed by atoms with van der Waals surface area (Å²) in [5.74, 6) is -0.0355. The molecule has 116 valence electrons. The van der Waals surface area contributed by atoms with Gasteiger partial charge in [-0.2, -0.15) is 4.98 Å². The molecule has 1 aliphatic heterocycles. The van der Waals surface area contributed by atoms with E-state index in [4.69, 9.17) is 9.63 Å². The number of aryl methyl sites for hydroxylation is 1. The number of piperidine rings is 1. The van der Waals surface area contributed by atoms with Crippen LogP contribution in [-0.2, 0) is 16.0 Å². The van der Waals surface area contributed by atoms with Gasteiger partial charge in [-0.1, -0.05) is 19.0 Å². The summed E-state index contributed by atoms with van der Waals surface area (Å²) in [6, 6.07) is 0. The number of likely N-dealkylation sites (tertiary alicyclic amines) is 1. The Kier molecular flexibility index (Phi) is 4.93. The van der Waals surface area contributed by atoms with Crippen molar-refractivity contribution in [2.24, 2.45) is 5.92 Å². The minimum absolute atomic E-state index is 0.0507. The van der Waals surface area contributed by atoms with Crippen LogP contribution in [0, 0.1) is 5.92 Å². The summed E-state index contributed by atoms with van der Waals surface area (Å²) in [5.41, 5.74) is 0. The first-order valence-electron chi connectivity index (χ1n) is 7.30. The van der Waals surface area contributed by atoms with Crippen LogP contribution < -0.4 is 0 Å². The zero-order valence-corrected chi connectivity index (χ0v) is 12.4. The summed E-state index contributed by atoms with van der Waals surface area (Å²) in [5, 5.41) is 12.9. The van der Waals surface area contributed by atoms with Crippen LogP contribution in [0.15, 0.2) is 4.52 Å². The van der Waals surface area contributed by atoms with Gasteiger partial charge in [-0.15, -0.1) is 0 Å². The normalized spacial score (nSPS) is 19.0. The summed E-state index contributed by atoms with van der Waals surface area (Å²) < 4.78 is 5.10. The third kappa shape index (κ3) is 4.03. The van der Waals surface area contributed by atoms with E-state index in [1.807, 2.05) is 13.8 Å². The molecule has 0 radical (unpaired) electrons. The van der Waals surface area contributed by atoms with E-state index in [1.165, 1.54) is 0 Å². The lowest BCUT2D eigenvalue weighted by molar-refractivity contribution is -0.145. The van der Waals surface area contributed by atoms with Gasteiger partial charge in [0.1, 0.15) is 0 Å². The Balaban J connectivity index is 1.84. The Morgan fingerprint density at radius 3 is 2.86 bits per heavy atom. The van der Waals surface area contributed by atoms with Crippen molar-refractivity contribution in [2.75, 3.05) is 13.1 Å². The number of rotatable bonds is 5. The number of carboxylic acid groups (broad SMARTS) is 1. The van der Waals surface area contributed by atoms with Gasteiger partial charge in [-0.05, 0) is 12.8 Å². The third-order valence-electron chi connectivity index (χ3n) is 3.68. The Labute approximate surface area is 123 Å². The van der Waals surface area contributed by atoms with Gasteiger partial charge < -0.3 is 14.5 Å².